The molecule has 0 aliphatic heterocycles. The van der Waals surface area contributed by atoms with Crippen LogP contribution in [0.5, 0.6) is 0 Å². The highest BCUT2D eigenvalue weighted by molar-refractivity contribution is 7.86. The van der Waals surface area contributed by atoms with Gasteiger partial charge in [-0.15, -0.1) is 0 Å². The highest BCUT2D eigenvalue weighted by Crippen LogP contribution is 2.26. The molecule has 4 nitrogen and oxygen atoms in total. The lowest BCUT2D eigenvalue weighted by Gasteiger charge is -2.11. The first-order valence-corrected chi connectivity index (χ1v) is 10.3. The molecule has 0 radical (unpaired) electrons. The van der Waals surface area contributed by atoms with Crippen molar-refractivity contribution in [1.82, 2.24) is 4.98 Å². The summed E-state index contributed by atoms with van der Waals surface area (Å²) in [5, 5.41) is 1.86. The molecule has 0 atom stereocenters. The largest absolute Gasteiger partial charge is 0.297 e. The zero-order chi connectivity index (χ0) is 19.6. The van der Waals surface area contributed by atoms with E-state index in [0.29, 0.717) is 5.69 Å². The minimum Gasteiger partial charge on any atom is -0.260 e. The smallest absolute Gasteiger partial charge is 0.260 e. The number of hydrogen-bond acceptors (Lipinski definition) is 4. The van der Waals surface area contributed by atoms with Gasteiger partial charge in [-0.05, 0) is 30.5 Å². The molecule has 3 aromatic carbocycles. The van der Waals surface area contributed by atoms with Gasteiger partial charge in [0.25, 0.3) is 10.1 Å². The maximum Gasteiger partial charge on any atom is 0.297 e. The van der Waals surface area contributed by atoms with Crippen LogP contribution in [0.4, 0.5) is 0 Å². The zero-order valence-electron chi connectivity index (χ0n) is 15.4. The minimum absolute atomic E-state index is 0.128. The van der Waals surface area contributed by atoms with Crippen molar-refractivity contribution >= 4 is 20.9 Å². The van der Waals surface area contributed by atoms with Crippen LogP contribution in [-0.4, -0.2) is 13.4 Å². The van der Waals surface area contributed by atoms with Crippen LogP contribution in [0.1, 0.15) is 11.3 Å². The molecule has 0 fully saturated rings. The molecule has 5 heteroatoms. The Balaban J connectivity index is 1.71. The Kier molecular flexibility index (Phi) is 4.94. The number of pyridine rings is 1. The van der Waals surface area contributed by atoms with E-state index in [0.717, 1.165) is 27.6 Å². The Morgan fingerprint density at radius 2 is 1.54 bits per heavy atom. The molecule has 140 valence electrons. The molecule has 0 aliphatic carbocycles. The molecular weight excluding hydrogens is 370 g/mol. The number of rotatable bonds is 5. The number of benzene rings is 3. The Morgan fingerprint density at radius 1 is 0.857 bits per heavy atom. The molecule has 0 amide bonds. The first kappa shape index (κ1) is 18.3. The fraction of sp³-hybridized carbons (Fsp3) is 0.0870. The first-order valence-electron chi connectivity index (χ1n) is 8.93. The number of aryl methyl sites for hydroxylation is 1. The Labute approximate surface area is 164 Å². The summed E-state index contributed by atoms with van der Waals surface area (Å²) in [5.41, 5.74) is 3.33. The second-order valence-corrected chi connectivity index (χ2v) is 8.19. The summed E-state index contributed by atoms with van der Waals surface area (Å²) < 4.78 is 30.5. The predicted molar refractivity (Wildman–Crippen MR) is 110 cm³/mol. The molecule has 0 N–H and O–H groups in total. The van der Waals surface area contributed by atoms with Crippen LogP contribution in [0.3, 0.4) is 0 Å². The van der Waals surface area contributed by atoms with Crippen molar-refractivity contribution < 1.29 is 12.6 Å². The Bertz CT molecular complexity index is 1220. The summed E-state index contributed by atoms with van der Waals surface area (Å²) >= 11 is 0. The molecule has 4 rings (SSSR count). The van der Waals surface area contributed by atoms with Crippen LogP contribution in [0, 0.1) is 6.92 Å². The molecule has 0 aliphatic rings. The van der Waals surface area contributed by atoms with Crippen molar-refractivity contribution in [1.29, 1.82) is 0 Å². The van der Waals surface area contributed by atoms with Gasteiger partial charge in [-0.2, -0.15) is 8.42 Å². The highest BCUT2D eigenvalue weighted by atomic mass is 32.2. The lowest BCUT2D eigenvalue weighted by atomic mass is 10.1. The van der Waals surface area contributed by atoms with Gasteiger partial charge in [-0.3, -0.25) is 4.18 Å². The quantitative estimate of drug-likeness (QED) is 0.445. The summed E-state index contributed by atoms with van der Waals surface area (Å²) in [4.78, 5) is 4.83. The summed E-state index contributed by atoms with van der Waals surface area (Å²) in [7, 11) is -3.86. The SMILES string of the molecule is Cc1ccc(S(=O)(=O)OCc2nc(-c3ccccc3)cc3ccccc23)cc1. The highest BCUT2D eigenvalue weighted by Gasteiger charge is 2.17. The van der Waals surface area contributed by atoms with Crippen molar-refractivity contribution in [3.05, 3.63) is 96.2 Å². The van der Waals surface area contributed by atoms with Crippen LogP contribution in [0.2, 0.25) is 0 Å². The van der Waals surface area contributed by atoms with Crippen LogP contribution in [0.25, 0.3) is 22.0 Å². The average molecular weight is 389 g/mol. The molecule has 0 saturated heterocycles. The van der Waals surface area contributed by atoms with E-state index in [1.165, 1.54) is 0 Å². The summed E-state index contributed by atoms with van der Waals surface area (Å²) in [6, 6.07) is 26.2. The molecule has 0 spiro atoms. The molecule has 28 heavy (non-hydrogen) atoms. The van der Waals surface area contributed by atoms with Gasteiger partial charge in [0, 0.05) is 10.9 Å². The van der Waals surface area contributed by atoms with E-state index in [1.807, 2.05) is 67.6 Å². The van der Waals surface area contributed by atoms with Gasteiger partial charge in [-0.1, -0.05) is 72.3 Å². The van der Waals surface area contributed by atoms with Crippen LogP contribution in [-0.2, 0) is 20.9 Å². The van der Waals surface area contributed by atoms with E-state index in [2.05, 4.69) is 0 Å². The second kappa shape index (κ2) is 7.54. The van der Waals surface area contributed by atoms with Gasteiger partial charge >= 0.3 is 0 Å². The molecule has 1 heterocycles. The number of aromatic nitrogens is 1. The van der Waals surface area contributed by atoms with Gasteiger partial charge in [0.1, 0.15) is 6.61 Å². The Hall–Kier alpha value is -3.02. The maximum atomic E-state index is 12.6. The lowest BCUT2D eigenvalue weighted by Crippen LogP contribution is -2.08. The third-order valence-electron chi connectivity index (χ3n) is 4.55. The third kappa shape index (κ3) is 3.81. The number of hydrogen-bond donors (Lipinski definition) is 0. The maximum absolute atomic E-state index is 12.6. The van der Waals surface area contributed by atoms with Crippen molar-refractivity contribution in [2.45, 2.75) is 18.4 Å². The molecule has 0 unspecified atom stereocenters. The van der Waals surface area contributed by atoms with Crippen molar-refractivity contribution in [3.63, 3.8) is 0 Å². The van der Waals surface area contributed by atoms with Gasteiger partial charge < -0.3 is 0 Å². The van der Waals surface area contributed by atoms with E-state index >= 15 is 0 Å². The topological polar surface area (TPSA) is 56.3 Å². The van der Waals surface area contributed by atoms with Crippen LogP contribution in [0.15, 0.2) is 89.8 Å². The van der Waals surface area contributed by atoms with E-state index in [4.69, 9.17) is 9.17 Å². The van der Waals surface area contributed by atoms with Gasteiger partial charge in [0.15, 0.2) is 0 Å². The van der Waals surface area contributed by atoms with Crippen LogP contribution < -0.4 is 0 Å². The monoisotopic (exact) mass is 389 g/mol. The second-order valence-electron chi connectivity index (χ2n) is 6.57. The van der Waals surface area contributed by atoms with E-state index in [9.17, 15) is 8.42 Å². The minimum atomic E-state index is -3.86. The number of fused-ring (bicyclic) bond motifs is 1. The molecule has 4 aromatic rings. The van der Waals surface area contributed by atoms with Crippen molar-refractivity contribution in [2.75, 3.05) is 0 Å². The summed E-state index contributed by atoms with van der Waals surface area (Å²) in [5.74, 6) is 0. The predicted octanol–water partition coefficient (Wildman–Crippen LogP) is 5.12. The van der Waals surface area contributed by atoms with Crippen molar-refractivity contribution in [2.24, 2.45) is 0 Å². The van der Waals surface area contributed by atoms with Gasteiger partial charge in [0.05, 0.1) is 16.3 Å². The zero-order valence-corrected chi connectivity index (χ0v) is 16.2. The van der Waals surface area contributed by atoms with E-state index in [-0.39, 0.29) is 11.5 Å². The van der Waals surface area contributed by atoms with Crippen LogP contribution >= 0.6 is 0 Å². The number of nitrogens with zero attached hydrogens (tertiary/aromatic N) is 1. The molecule has 0 bridgehead atoms. The summed E-state index contributed by atoms with van der Waals surface area (Å²) in [6.07, 6.45) is 0. The van der Waals surface area contributed by atoms with Gasteiger partial charge in [-0.25, -0.2) is 4.98 Å². The van der Waals surface area contributed by atoms with Crippen molar-refractivity contribution in [3.8, 4) is 11.3 Å². The Morgan fingerprint density at radius 3 is 2.29 bits per heavy atom. The van der Waals surface area contributed by atoms with Gasteiger partial charge in [0.2, 0.25) is 0 Å². The third-order valence-corrected chi connectivity index (χ3v) is 5.83. The average Bonchev–Trinajstić information content (AvgIpc) is 2.73. The first-order chi connectivity index (χ1) is 13.5. The normalized spacial score (nSPS) is 11.6. The molecule has 0 saturated carbocycles. The fourth-order valence-corrected chi connectivity index (χ4v) is 3.92. The molecule has 1 aromatic heterocycles. The standard InChI is InChI=1S/C23H19NO3S/c1-17-11-13-20(14-12-17)28(25,26)27-16-23-21-10-6-5-9-19(21)15-22(24-23)18-7-3-2-4-8-18/h2-15H,16H2,1H3. The fourth-order valence-electron chi connectivity index (χ4n) is 3.04. The summed E-state index contributed by atoms with van der Waals surface area (Å²) in [6.45, 7) is 1.78. The molecular formula is C23H19NO3S. The van der Waals surface area contributed by atoms with E-state index in [1.54, 1.807) is 24.3 Å². The van der Waals surface area contributed by atoms with E-state index < -0.39 is 10.1 Å². The lowest BCUT2D eigenvalue weighted by molar-refractivity contribution is 0.305.